The van der Waals surface area contributed by atoms with Gasteiger partial charge >= 0.3 is 6.18 Å². The summed E-state index contributed by atoms with van der Waals surface area (Å²) >= 11 is 1.40. The number of rotatable bonds is 3. The lowest BCUT2D eigenvalue weighted by Gasteiger charge is -2.22. The third-order valence-corrected chi connectivity index (χ3v) is 5.41. The Morgan fingerprint density at radius 1 is 1.22 bits per heavy atom. The molecule has 0 aliphatic carbocycles. The summed E-state index contributed by atoms with van der Waals surface area (Å²) in [5.74, 6) is -0.567. The lowest BCUT2D eigenvalue weighted by molar-refractivity contribution is -0.137. The Morgan fingerprint density at radius 3 is 2.67 bits per heavy atom. The first-order chi connectivity index (χ1) is 12.6. The van der Waals surface area contributed by atoms with E-state index < -0.39 is 23.7 Å². The fourth-order valence-electron chi connectivity index (χ4n) is 2.70. The molecule has 2 aromatic carbocycles. The van der Waals surface area contributed by atoms with E-state index in [1.165, 1.54) is 23.9 Å². The number of carbonyl (C=O) groups is 2. The monoisotopic (exact) mass is 394 g/mol. The molecule has 2 unspecified atom stereocenters. The molecule has 0 saturated heterocycles. The van der Waals surface area contributed by atoms with Crippen molar-refractivity contribution in [1.82, 2.24) is 5.32 Å². The van der Waals surface area contributed by atoms with Gasteiger partial charge in [-0.3, -0.25) is 9.59 Å². The quantitative estimate of drug-likeness (QED) is 0.798. The number of halogens is 3. The number of benzene rings is 2. The number of fused-ring (bicyclic) bond motifs is 1. The van der Waals surface area contributed by atoms with Crippen LogP contribution in [0.25, 0.3) is 0 Å². The van der Waals surface area contributed by atoms with Crippen molar-refractivity contribution in [2.24, 2.45) is 0 Å². The Balaban J connectivity index is 1.76. The lowest BCUT2D eigenvalue weighted by Crippen LogP contribution is -2.29. The van der Waals surface area contributed by atoms with Crippen LogP contribution in [0.4, 0.5) is 18.9 Å². The van der Waals surface area contributed by atoms with Crippen LogP contribution < -0.4 is 10.6 Å². The van der Waals surface area contributed by atoms with Crippen molar-refractivity contribution in [1.29, 1.82) is 0 Å². The Hall–Kier alpha value is -2.48. The zero-order valence-corrected chi connectivity index (χ0v) is 15.4. The van der Waals surface area contributed by atoms with E-state index in [0.717, 1.165) is 17.0 Å². The van der Waals surface area contributed by atoms with Gasteiger partial charge in [-0.05, 0) is 49.7 Å². The predicted molar refractivity (Wildman–Crippen MR) is 97.7 cm³/mol. The van der Waals surface area contributed by atoms with E-state index in [4.69, 9.17) is 0 Å². The smallest absolute Gasteiger partial charge is 0.346 e. The van der Waals surface area contributed by atoms with Crippen LogP contribution in [0.2, 0.25) is 0 Å². The fourth-order valence-corrected chi connectivity index (χ4v) is 3.63. The van der Waals surface area contributed by atoms with E-state index in [1.807, 2.05) is 0 Å². The van der Waals surface area contributed by atoms with Crippen LogP contribution >= 0.6 is 11.8 Å². The van der Waals surface area contributed by atoms with Crippen LogP contribution in [0.3, 0.4) is 0 Å². The highest BCUT2D eigenvalue weighted by molar-refractivity contribution is 8.00. The summed E-state index contributed by atoms with van der Waals surface area (Å²) < 4.78 is 38.6. The molecule has 8 heteroatoms. The molecule has 0 fully saturated rings. The summed E-state index contributed by atoms with van der Waals surface area (Å²) in [4.78, 5) is 25.1. The molecule has 1 heterocycles. The van der Waals surface area contributed by atoms with Gasteiger partial charge in [-0.2, -0.15) is 13.2 Å². The second-order valence-electron chi connectivity index (χ2n) is 6.28. The SMILES string of the molecule is CC1Sc2ccc(C(=O)NC(C)c3cccc(C(F)(F)F)c3)cc2NC1=O. The average molecular weight is 394 g/mol. The summed E-state index contributed by atoms with van der Waals surface area (Å²) in [6, 6.07) is 9.20. The van der Waals surface area contributed by atoms with Crippen molar-refractivity contribution in [3.05, 3.63) is 59.2 Å². The van der Waals surface area contributed by atoms with E-state index >= 15 is 0 Å². The number of alkyl halides is 3. The first-order valence-corrected chi connectivity index (χ1v) is 9.12. The van der Waals surface area contributed by atoms with Crippen molar-refractivity contribution < 1.29 is 22.8 Å². The molecule has 0 aromatic heterocycles. The first kappa shape index (κ1) is 19.3. The number of anilines is 1. The molecule has 1 aliphatic heterocycles. The molecule has 0 radical (unpaired) electrons. The molecular formula is C19H17F3N2O2S. The summed E-state index contributed by atoms with van der Waals surface area (Å²) in [5.41, 5.74) is 0.475. The Kier molecular flexibility index (Phi) is 5.19. The van der Waals surface area contributed by atoms with Crippen molar-refractivity contribution in [3.8, 4) is 0 Å². The molecule has 0 bridgehead atoms. The van der Waals surface area contributed by atoms with Gasteiger partial charge < -0.3 is 10.6 Å². The number of nitrogens with one attached hydrogen (secondary N) is 2. The first-order valence-electron chi connectivity index (χ1n) is 8.25. The average Bonchev–Trinajstić information content (AvgIpc) is 2.61. The van der Waals surface area contributed by atoms with Crippen LogP contribution in [-0.2, 0) is 11.0 Å². The van der Waals surface area contributed by atoms with Crippen molar-refractivity contribution in [2.45, 2.75) is 36.2 Å². The summed E-state index contributed by atoms with van der Waals surface area (Å²) in [7, 11) is 0. The summed E-state index contributed by atoms with van der Waals surface area (Å²) in [6.07, 6.45) is -4.44. The van der Waals surface area contributed by atoms with Gasteiger partial charge in [0, 0.05) is 10.5 Å². The van der Waals surface area contributed by atoms with Gasteiger partial charge in [0.05, 0.1) is 22.5 Å². The van der Waals surface area contributed by atoms with Gasteiger partial charge in [-0.25, -0.2) is 0 Å². The minimum atomic E-state index is -4.44. The number of hydrogen-bond acceptors (Lipinski definition) is 3. The lowest BCUT2D eigenvalue weighted by atomic mass is 10.0. The maximum Gasteiger partial charge on any atom is 0.416 e. The van der Waals surface area contributed by atoms with Crippen molar-refractivity contribution >= 4 is 29.3 Å². The van der Waals surface area contributed by atoms with E-state index in [-0.39, 0.29) is 11.2 Å². The summed E-state index contributed by atoms with van der Waals surface area (Å²) in [5, 5.41) is 5.23. The number of carbonyl (C=O) groups excluding carboxylic acids is 2. The van der Waals surface area contributed by atoms with E-state index in [0.29, 0.717) is 16.8 Å². The number of thioether (sulfide) groups is 1. The van der Waals surface area contributed by atoms with Gasteiger partial charge in [-0.15, -0.1) is 11.8 Å². The molecule has 2 amide bonds. The Bertz CT molecular complexity index is 899. The molecule has 2 N–H and O–H groups in total. The van der Waals surface area contributed by atoms with Gasteiger partial charge in [0.1, 0.15) is 0 Å². The molecule has 3 rings (SSSR count). The Morgan fingerprint density at radius 2 is 1.96 bits per heavy atom. The second-order valence-corrected chi connectivity index (χ2v) is 7.66. The van der Waals surface area contributed by atoms with Crippen LogP contribution in [0.1, 0.15) is 41.4 Å². The third-order valence-electron chi connectivity index (χ3n) is 4.23. The van der Waals surface area contributed by atoms with Crippen LogP contribution in [-0.4, -0.2) is 17.1 Å². The highest BCUT2D eigenvalue weighted by Crippen LogP contribution is 2.36. The molecule has 1 aliphatic rings. The summed E-state index contributed by atoms with van der Waals surface area (Å²) in [6.45, 7) is 3.41. The van der Waals surface area contributed by atoms with Crippen LogP contribution in [0, 0.1) is 0 Å². The topological polar surface area (TPSA) is 58.2 Å². The number of hydrogen-bond donors (Lipinski definition) is 2. The molecule has 2 atom stereocenters. The molecule has 0 saturated carbocycles. The van der Waals surface area contributed by atoms with Gasteiger partial charge in [-0.1, -0.05) is 12.1 Å². The van der Waals surface area contributed by atoms with E-state index in [2.05, 4.69) is 10.6 Å². The standard InChI is InChI=1S/C19H17F3N2O2S/c1-10(12-4-3-5-14(8-12)19(20,21)22)23-18(26)13-6-7-16-15(9-13)24-17(25)11(2)27-16/h3-11H,1-2H3,(H,23,26)(H,24,25). The molecular weight excluding hydrogens is 377 g/mol. The van der Waals surface area contributed by atoms with Crippen molar-refractivity contribution in [3.63, 3.8) is 0 Å². The normalized spacial score (nSPS) is 17.7. The third kappa shape index (κ3) is 4.27. The minimum Gasteiger partial charge on any atom is -0.346 e. The maximum absolute atomic E-state index is 12.9. The zero-order valence-electron chi connectivity index (χ0n) is 14.6. The maximum atomic E-state index is 12.9. The number of amides is 2. The zero-order chi connectivity index (χ0) is 19.8. The second kappa shape index (κ2) is 7.26. The van der Waals surface area contributed by atoms with Crippen LogP contribution in [0.15, 0.2) is 47.4 Å². The van der Waals surface area contributed by atoms with E-state index in [9.17, 15) is 22.8 Å². The Labute approximate surface area is 158 Å². The molecule has 2 aromatic rings. The molecule has 142 valence electrons. The minimum absolute atomic E-state index is 0.137. The molecule has 27 heavy (non-hydrogen) atoms. The van der Waals surface area contributed by atoms with Gasteiger partial charge in [0.25, 0.3) is 5.91 Å². The highest BCUT2D eigenvalue weighted by Gasteiger charge is 2.31. The van der Waals surface area contributed by atoms with Crippen LogP contribution in [0.5, 0.6) is 0 Å². The molecule has 4 nitrogen and oxygen atoms in total. The molecule has 0 spiro atoms. The van der Waals surface area contributed by atoms with Crippen molar-refractivity contribution in [2.75, 3.05) is 5.32 Å². The predicted octanol–water partition coefficient (Wildman–Crippen LogP) is 4.63. The van der Waals surface area contributed by atoms with E-state index in [1.54, 1.807) is 32.0 Å². The largest absolute Gasteiger partial charge is 0.416 e. The fraction of sp³-hybridized carbons (Fsp3) is 0.263. The van der Waals surface area contributed by atoms with Gasteiger partial charge in [0.15, 0.2) is 0 Å². The highest BCUT2D eigenvalue weighted by atomic mass is 32.2. The van der Waals surface area contributed by atoms with Gasteiger partial charge in [0.2, 0.25) is 5.91 Å².